The van der Waals surface area contributed by atoms with Crippen molar-refractivity contribution in [2.45, 2.75) is 38.1 Å². The molecule has 3 nitrogen and oxygen atoms in total. The topological polar surface area (TPSA) is 37.4 Å². The molecule has 0 fully saturated rings. The highest BCUT2D eigenvalue weighted by molar-refractivity contribution is 7.89. The molecular weight excluding hydrogens is 313 g/mol. The average Bonchev–Trinajstić information content (AvgIpc) is 2.48. The molecule has 0 aliphatic heterocycles. The predicted octanol–water partition coefficient (Wildman–Crippen LogP) is 3.69. The standard InChI is InChI=1S/C18H22FNO2S/c1-13-5-8-16(9-6-13)12-15(3)20(4)23(21,22)18-10-7-14(2)11-17(18)19/h5-11,15H,12H2,1-4H3. The molecule has 2 aromatic carbocycles. The second-order valence-electron chi connectivity index (χ2n) is 5.99. The van der Waals surface area contributed by atoms with Gasteiger partial charge in [0.1, 0.15) is 10.7 Å². The number of benzene rings is 2. The monoisotopic (exact) mass is 335 g/mol. The van der Waals surface area contributed by atoms with Gasteiger partial charge in [-0.15, -0.1) is 0 Å². The Bertz CT molecular complexity index is 785. The van der Waals surface area contributed by atoms with Crippen LogP contribution in [0.5, 0.6) is 0 Å². The molecule has 124 valence electrons. The summed E-state index contributed by atoms with van der Waals surface area (Å²) < 4.78 is 40.5. The Morgan fingerprint density at radius 2 is 1.61 bits per heavy atom. The zero-order valence-corrected chi connectivity index (χ0v) is 14.7. The van der Waals surface area contributed by atoms with E-state index in [0.29, 0.717) is 12.0 Å². The van der Waals surface area contributed by atoms with Crippen LogP contribution in [0, 0.1) is 19.7 Å². The van der Waals surface area contributed by atoms with Crippen molar-refractivity contribution in [3.05, 3.63) is 65.0 Å². The summed E-state index contributed by atoms with van der Waals surface area (Å²) in [7, 11) is -2.36. The second kappa shape index (κ2) is 6.81. The third-order valence-corrected chi connectivity index (χ3v) is 6.02. The molecule has 0 saturated heterocycles. The SMILES string of the molecule is Cc1ccc(CC(C)N(C)S(=O)(=O)c2ccc(C)cc2F)cc1. The van der Waals surface area contributed by atoms with E-state index >= 15 is 0 Å². The third-order valence-electron chi connectivity index (χ3n) is 4.02. The Kier molecular flexibility index (Phi) is 5.22. The van der Waals surface area contributed by atoms with Gasteiger partial charge in [0.25, 0.3) is 0 Å². The molecule has 1 unspecified atom stereocenters. The number of rotatable bonds is 5. The minimum Gasteiger partial charge on any atom is -0.207 e. The fourth-order valence-corrected chi connectivity index (χ4v) is 3.80. The van der Waals surface area contributed by atoms with Gasteiger partial charge < -0.3 is 0 Å². The van der Waals surface area contributed by atoms with Crippen LogP contribution in [0.25, 0.3) is 0 Å². The Morgan fingerprint density at radius 3 is 2.17 bits per heavy atom. The third kappa shape index (κ3) is 3.98. The summed E-state index contributed by atoms with van der Waals surface area (Å²) in [5.41, 5.74) is 2.90. The van der Waals surface area contributed by atoms with E-state index in [9.17, 15) is 12.8 Å². The van der Waals surface area contributed by atoms with Gasteiger partial charge >= 0.3 is 0 Å². The van der Waals surface area contributed by atoms with E-state index in [1.165, 1.54) is 23.5 Å². The summed E-state index contributed by atoms with van der Waals surface area (Å²) in [5, 5.41) is 0. The largest absolute Gasteiger partial charge is 0.245 e. The van der Waals surface area contributed by atoms with Gasteiger partial charge in [-0.1, -0.05) is 35.9 Å². The summed E-state index contributed by atoms with van der Waals surface area (Å²) in [6, 6.07) is 11.9. The van der Waals surface area contributed by atoms with Crippen molar-refractivity contribution in [2.75, 3.05) is 7.05 Å². The van der Waals surface area contributed by atoms with Crippen molar-refractivity contribution in [3.63, 3.8) is 0 Å². The molecule has 23 heavy (non-hydrogen) atoms. The molecule has 0 heterocycles. The van der Waals surface area contributed by atoms with E-state index in [4.69, 9.17) is 0 Å². The van der Waals surface area contributed by atoms with Crippen LogP contribution in [0.4, 0.5) is 4.39 Å². The maximum Gasteiger partial charge on any atom is 0.245 e. The van der Waals surface area contributed by atoms with Crippen molar-refractivity contribution < 1.29 is 12.8 Å². The van der Waals surface area contributed by atoms with Crippen molar-refractivity contribution in [1.82, 2.24) is 4.31 Å². The highest BCUT2D eigenvalue weighted by Crippen LogP contribution is 2.22. The lowest BCUT2D eigenvalue weighted by Crippen LogP contribution is -2.36. The zero-order valence-electron chi connectivity index (χ0n) is 13.9. The molecular formula is C18H22FNO2S. The van der Waals surface area contributed by atoms with Crippen LogP contribution in [0.1, 0.15) is 23.6 Å². The highest BCUT2D eigenvalue weighted by atomic mass is 32.2. The van der Waals surface area contributed by atoms with Crippen LogP contribution in [-0.2, 0) is 16.4 Å². The Hall–Kier alpha value is -1.72. The molecule has 0 aromatic heterocycles. The van der Waals surface area contributed by atoms with Crippen molar-refractivity contribution >= 4 is 10.0 Å². The van der Waals surface area contributed by atoms with Crippen LogP contribution >= 0.6 is 0 Å². The molecule has 1 atom stereocenters. The number of likely N-dealkylation sites (N-methyl/N-ethyl adjacent to an activating group) is 1. The number of nitrogens with zero attached hydrogens (tertiary/aromatic N) is 1. The van der Waals surface area contributed by atoms with Gasteiger partial charge in [-0.25, -0.2) is 12.8 Å². The summed E-state index contributed by atoms with van der Waals surface area (Å²) in [6.07, 6.45) is 0.573. The van der Waals surface area contributed by atoms with Gasteiger partial charge in [0.05, 0.1) is 0 Å². The van der Waals surface area contributed by atoms with Gasteiger partial charge in [0.15, 0.2) is 0 Å². The molecule has 0 bridgehead atoms. The van der Waals surface area contributed by atoms with Crippen molar-refractivity contribution in [3.8, 4) is 0 Å². The number of hydrogen-bond donors (Lipinski definition) is 0. The lowest BCUT2D eigenvalue weighted by atomic mass is 10.1. The van der Waals surface area contributed by atoms with Crippen LogP contribution in [-0.4, -0.2) is 25.8 Å². The maximum atomic E-state index is 14.0. The summed E-state index contributed by atoms with van der Waals surface area (Å²) in [4.78, 5) is -0.277. The minimum absolute atomic E-state index is 0.275. The first kappa shape index (κ1) is 17.6. The molecule has 0 radical (unpaired) electrons. The predicted molar refractivity (Wildman–Crippen MR) is 90.4 cm³/mol. The van der Waals surface area contributed by atoms with E-state index in [-0.39, 0.29) is 10.9 Å². The first-order valence-electron chi connectivity index (χ1n) is 7.51. The Labute approximate surface area is 137 Å². The first-order valence-corrected chi connectivity index (χ1v) is 8.95. The molecule has 0 amide bonds. The fourth-order valence-electron chi connectivity index (χ4n) is 2.40. The van der Waals surface area contributed by atoms with Gasteiger partial charge in [-0.2, -0.15) is 4.31 Å². The summed E-state index contributed by atoms with van der Waals surface area (Å²) >= 11 is 0. The quantitative estimate of drug-likeness (QED) is 0.835. The van der Waals surface area contributed by atoms with Crippen LogP contribution in [0.3, 0.4) is 0 Å². The van der Waals surface area contributed by atoms with E-state index in [2.05, 4.69) is 0 Å². The van der Waals surface area contributed by atoms with Crippen LogP contribution < -0.4 is 0 Å². The Balaban J connectivity index is 2.23. The number of hydrogen-bond acceptors (Lipinski definition) is 2. The van der Waals surface area contributed by atoms with Crippen molar-refractivity contribution in [1.29, 1.82) is 0 Å². The number of aryl methyl sites for hydroxylation is 2. The zero-order chi connectivity index (χ0) is 17.2. The Morgan fingerprint density at radius 1 is 1.04 bits per heavy atom. The molecule has 0 saturated carbocycles. The lowest BCUT2D eigenvalue weighted by Gasteiger charge is -2.24. The molecule has 0 aliphatic rings. The highest BCUT2D eigenvalue weighted by Gasteiger charge is 2.28. The molecule has 2 aromatic rings. The van der Waals surface area contributed by atoms with Crippen LogP contribution in [0.15, 0.2) is 47.4 Å². The van der Waals surface area contributed by atoms with Gasteiger partial charge in [-0.3, -0.25) is 0 Å². The van der Waals surface area contributed by atoms with E-state index < -0.39 is 15.8 Å². The number of sulfonamides is 1. The number of halogens is 1. The minimum atomic E-state index is -3.86. The smallest absolute Gasteiger partial charge is 0.207 e. The summed E-state index contributed by atoms with van der Waals surface area (Å²) in [5.74, 6) is -0.709. The molecule has 0 spiro atoms. The molecule has 2 rings (SSSR count). The molecule has 0 N–H and O–H groups in total. The van der Waals surface area contributed by atoms with E-state index in [0.717, 1.165) is 11.1 Å². The normalized spacial score (nSPS) is 13.3. The molecule has 0 aliphatic carbocycles. The van der Waals surface area contributed by atoms with Crippen molar-refractivity contribution in [2.24, 2.45) is 0 Å². The second-order valence-corrected chi connectivity index (χ2v) is 7.96. The van der Waals surface area contributed by atoms with Crippen LogP contribution in [0.2, 0.25) is 0 Å². The summed E-state index contributed by atoms with van der Waals surface area (Å²) in [6.45, 7) is 5.55. The van der Waals surface area contributed by atoms with Gasteiger partial charge in [-0.05, 0) is 50.5 Å². The average molecular weight is 335 g/mol. The van der Waals surface area contributed by atoms with Gasteiger partial charge in [0, 0.05) is 13.1 Å². The fraction of sp³-hybridized carbons (Fsp3) is 0.333. The van der Waals surface area contributed by atoms with E-state index in [1.54, 1.807) is 13.0 Å². The van der Waals surface area contributed by atoms with E-state index in [1.807, 2.05) is 38.1 Å². The maximum absolute atomic E-state index is 14.0. The van der Waals surface area contributed by atoms with Gasteiger partial charge in [0.2, 0.25) is 10.0 Å². The first-order chi connectivity index (χ1) is 10.7. The lowest BCUT2D eigenvalue weighted by molar-refractivity contribution is 0.384. The molecule has 5 heteroatoms.